The first-order valence-corrected chi connectivity index (χ1v) is 8.75. The van der Waals surface area contributed by atoms with E-state index >= 15 is 0 Å². The van der Waals surface area contributed by atoms with Crippen molar-refractivity contribution >= 4 is 17.1 Å². The zero-order chi connectivity index (χ0) is 15.9. The number of benzene rings is 1. The molecule has 0 amide bonds. The minimum Gasteiger partial charge on any atom is -0.423 e. The van der Waals surface area contributed by atoms with Gasteiger partial charge in [0.15, 0.2) is 5.58 Å². The molecule has 2 aromatic heterocycles. The summed E-state index contributed by atoms with van der Waals surface area (Å²) in [5.74, 6) is 0. The molecule has 124 valence electrons. The van der Waals surface area contributed by atoms with E-state index in [9.17, 15) is 0 Å². The van der Waals surface area contributed by atoms with E-state index < -0.39 is 0 Å². The van der Waals surface area contributed by atoms with Gasteiger partial charge in [-0.15, -0.1) is 0 Å². The standard InChI is InChI=1S/C18H21N5O/c1-2-7-17-15(5-1)19-18(24-17)23-10-8-22(9-11-23)12-16-13-4-3-6-14(13)20-21-16/h1-2,5,7H,3-4,6,8-12H2,(H,20,21). The molecule has 0 saturated carbocycles. The van der Waals surface area contributed by atoms with Gasteiger partial charge in [-0.25, -0.2) is 0 Å². The van der Waals surface area contributed by atoms with Gasteiger partial charge in [-0.1, -0.05) is 12.1 Å². The third-order valence-electron chi connectivity index (χ3n) is 5.19. The summed E-state index contributed by atoms with van der Waals surface area (Å²) in [7, 11) is 0. The SMILES string of the molecule is c1ccc2oc(N3CCN(Cc4n[nH]c5c4CCC5)CC3)nc2c1. The first-order valence-electron chi connectivity index (χ1n) is 8.75. The summed E-state index contributed by atoms with van der Waals surface area (Å²) >= 11 is 0. The minimum atomic E-state index is 0.747. The van der Waals surface area contributed by atoms with E-state index in [4.69, 9.17) is 4.42 Å². The summed E-state index contributed by atoms with van der Waals surface area (Å²) in [6.07, 6.45) is 3.61. The van der Waals surface area contributed by atoms with Crippen LogP contribution in [0.1, 0.15) is 23.4 Å². The largest absolute Gasteiger partial charge is 0.423 e. The maximum atomic E-state index is 5.89. The monoisotopic (exact) mass is 323 g/mol. The van der Waals surface area contributed by atoms with Crippen molar-refractivity contribution in [3.63, 3.8) is 0 Å². The highest BCUT2D eigenvalue weighted by Gasteiger charge is 2.24. The van der Waals surface area contributed by atoms with Crippen LogP contribution in [0.4, 0.5) is 6.01 Å². The molecule has 24 heavy (non-hydrogen) atoms. The Morgan fingerprint density at radius 2 is 1.96 bits per heavy atom. The lowest BCUT2D eigenvalue weighted by Gasteiger charge is -2.33. The van der Waals surface area contributed by atoms with Gasteiger partial charge in [-0.3, -0.25) is 10.00 Å². The number of nitrogens with zero attached hydrogens (tertiary/aromatic N) is 4. The predicted molar refractivity (Wildman–Crippen MR) is 92.1 cm³/mol. The molecular weight excluding hydrogens is 302 g/mol. The molecule has 0 atom stereocenters. The van der Waals surface area contributed by atoms with Crippen LogP contribution in [0.2, 0.25) is 0 Å². The molecule has 1 saturated heterocycles. The second-order valence-electron chi connectivity index (χ2n) is 6.71. The molecule has 1 N–H and O–H groups in total. The molecule has 1 fully saturated rings. The number of para-hydroxylation sites is 2. The molecule has 1 aliphatic heterocycles. The number of fused-ring (bicyclic) bond motifs is 2. The van der Waals surface area contributed by atoms with Gasteiger partial charge >= 0.3 is 0 Å². The Kier molecular flexibility index (Phi) is 3.29. The highest BCUT2D eigenvalue weighted by Crippen LogP contribution is 2.25. The van der Waals surface area contributed by atoms with Crippen LogP contribution >= 0.6 is 0 Å². The summed E-state index contributed by atoms with van der Waals surface area (Å²) in [5, 5.41) is 7.74. The highest BCUT2D eigenvalue weighted by molar-refractivity contribution is 5.74. The van der Waals surface area contributed by atoms with E-state index in [0.717, 1.165) is 56.3 Å². The molecule has 6 heteroatoms. The molecule has 0 spiro atoms. The highest BCUT2D eigenvalue weighted by atomic mass is 16.4. The number of rotatable bonds is 3. The van der Waals surface area contributed by atoms with Crippen molar-refractivity contribution < 1.29 is 4.42 Å². The van der Waals surface area contributed by atoms with Crippen LogP contribution in [0, 0.1) is 0 Å². The van der Waals surface area contributed by atoms with Crippen LogP contribution < -0.4 is 4.90 Å². The van der Waals surface area contributed by atoms with Crippen LogP contribution in [0.5, 0.6) is 0 Å². The summed E-state index contributed by atoms with van der Waals surface area (Å²) in [4.78, 5) is 9.33. The van der Waals surface area contributed by atoms with Crippen LogP contribution in [0.15, 0.2) is 28.7 Å². The van der Waals surface area contributed by atoms with Crippen molar-refractivity contribution in [2.24, 2.45) is 0 Å². The van der Waals surface area contributed by atoms with Crippen molar-refractivity contribution in [2.75, 3.05) is 31.1 Å². The third-order valence-corrected chi connectivity index (χ3v) is 5.19. The van der Waals surface area contributed by atoms with E-state index in [2.05, 4.69) is 25.0 Å². The molecule has 3 aromatic rings. The van der Waals surface area contributed by atoms with Gasteiger partial charge in [0.1, 0.15) is 5.52 Å². The fourth-order valence-electron chi connectivity index (χ4n) is 3.82. The normalized spacial score (nSPS) is 18.4. The van der Waals surface area contributed by atoms with Crippen molar-refractivity contribution in [3.8, 4) is 0 Å². The number of hydrogen-bond donors (Lipinski definition) is 1. The molecule has 0 radical (unpaired) electrons. The van der Waals surface area contributed by atoms with Gasteiger partial charge in [0.05, 0.1) is 5.69 Å². The summed E-state index contributed by atoms with van der Waals surface area (Å²) in [6, 6.07) is 8.69. The van der Waals surface area contributed by atoms with E-state index in [-0.39, 0.29) is 0 Å². The number of aryl methyl sites for hydroxylation is 1. The number of hydrogen-bond acceptors (Lipinski definition) is 5. The number of aromatic nitrogens is 3. The smallest absolute Gasteiger partial charge is 0.298 e. The molecule has 1 aliphatic carbocycles. The van der Waals surface area contributed by atoms with Crippen molar-refractivity contribution in [1.29, 1.82) is 0 Å². The zero-order valence-electron chi connectivity index (χ0n) is 13.7. The van der Waals surface area contributed by atoms with Gasteiger partial charge in [0, 0.05) is 38.4 Å². The molecule has 3 heterocycles. The Morgan fingerprint density at radius 1 is 1.08 bits per heavy atom. The molecular formula is C18H21N5O. The second kappa shape index (κ2) is 5.63. The van der Waals surface area contributed by atoms with E-state index in [1.165, 1.54) is 29.8 Å². The minimum absolute atomic E-state index is 0.747. The van der Waals surface area contributed by atoms with Crippen LogP contribution in [-0.2, 0) is 19.4 Å². The summed E-state index contributed by atoms with van der Waals surface area (Å²) in [6.45, 7) is 4.87. The van der Waals surface area contributed by atoms with Crippen molar-refractivity contribution in [2.45, 2.75) is 25.8 Å². The van der Waals surface area contributed by atoms with Gasteiger partial charge in [-0.2, -0.15) is 10.1 Å². The maximum absolute atomic E-state index is 5.89. The van der Waals surface area contributed by atoms with Crippen molar-refractivity contribution in [3.05, 3.63) is 41.2 Å². The van der Waals surface area contributed by atoms with Crippen LogP contribution in [-0.4, -0.2) is 46.3 Å². The third kappa shape index (κ3) is 2.38. The molecule has 5 rings (SSSR count). The number of aromatic amines is 1. The first kappa shape index (κ1) is 14.0. The Bertz CT molecular complexity index is 826. The fraction of sp³-hybridized carbons (Fsp3) is 0.444. The maximum Gasteiger partial charge on any atom is 0.298 e. The molecule has 6 nitrogen and oxygen atoms in total. The average molecular weight is 323 g/mol. The number of anilines is 1. The number of nitrogens with one attached hydrogen (secondary N) is 1. The lowest BCUT2D eigenvalue weighted by Crippen LogP contribution is -2.46. The van der Waals surface area contributed by atoms with Gasteiger partial charge in [-0.05, 0) is 37.0 Å². The topological polar surface area (TPSA) is 61.2 Å². The number of H-pyrrole nitrogens is 1. The zero-order valence-corrected chi connectivity index (χ0v) is 13.7. The number of oxazole rings is 1. The predicted octanol–water partition coefficient (Wildman–Crippen LogP) is 2.36. The van der Waals surface area contributed by atoms with Crippen molar-refractivity contribution in [1.82, 2.24) is 20.1 Å². The van der Waals surface area contributed by atoms with E-state index in [0.29, 0.717) is 0 Å². The molecule has 2 aliphatic rings. The van der Waals surface area contributed by atoms with Crippen LogP contribution in [0.25, 0.3) is 11.1 Å². The van der Waals surface area contributed by atoms with Gasteiger partial charge in [0.2, 0.25) is 0 Å². The fourth-order valence-corrected chi connectivity index (χ4v) is 3.82. The Hall–Kier alpha value is -2.34. The number of piperazine rings is 1. The van der Waals surface area contributed by atoms with Crippen LogP contribution in [0.3, 0.4) is 0 Å². The Balaban J connectivity index is 1.25. The Labute approximate surface area is 140 Å². The van der Waals surface area contributed by atoms with E-state index in [1.807, 2.05) is 24.3 Å². The molecule has 0 unspecified atom stereocenters. The lowest BCUT2D eigenvalue weighted by atomic mass is 10.2. The summed E-state index contributed by atoms with van der Waals surface area (Å²) < 4.78 is 5.89. The molecule has 1 aromatic carbocycles. The molecule has 0 bridgehead atoms. The average Bonchev–Trinajstić information content (AvgIpc) is 3.31. The quantitative estimate of drug-likeness (QED) is 0.802. The Morgan fingerprint density at radius 3 is 2.83 bits per heavy atom. The lowest BCUT2D eigenvalue weighted by molar-refractivity contribution is 0.242. The van der Waals surface area contributed by atoms with Gasteiger partial charge in [0.25, 0.3) is 6.01 Å². The van der Waals surface area contributed by atoms with Gasteiger partial charge < -0.3 is 9.32 Å². The first-order chi connectivity index (χ1) is 11.9. The van der Waals surface area contributed by atoms with E-state index in [1.54, 1.807) is 0 Å². The second-order valence-corrected chi connectivity index (χ2v) is 6.71. The summed E-state index contributed by atoms with van der Waals surface area (Å²) in [5.41, 5.74) is 5.87.